The molecule has 2 N–H and O–H groups in total. The minimum atomic E-state index is -0.564. The van der Waals surface area contributed by atoms with E-state index in [9.17, 15) is 14.7 Å². The average molecular weight is 432 g/mol. The first kappa shape index (κ1) is 20.8. The summed E-state index contributed by atoms with van der Waals surface area (Å²) in [5.74, 6) is -1.40. The molecular formula is C23H26ClNO5. The molecule has 2 unspecified atom stereocenters. The Balaban J connectivity index is 1.82. The number of methoxy groups -OCH3 is 1. The molecular weight excluding hydrogens is 406 g/mol. The van der Waals surface area contributed by atoms with E-state index in [2.05, 4.69) is 5.32 Å². The lowest BCUT2D eigenvalue weighted by atomic mass is 9.71. The second-order valence-electron chi connectivity index (χ2n) is 8.15. The zero-order valence-electron chi connectivity index (χ0n) is 17.2. The van der Waals surface area contributed by atoms with Crippen molar-refractivity contribution in [2.24, 2.45) is 5.92 Å². The van der Waals surface area contributed by atoms with Gasteiger partial charge < -0.3 is 19.9 Å². The highest BCUT2D eigenvalue weighted by atomic mass is 35.5. The molecule has 6 nitrogen and oxygen atoms in total. The maximum Gasteiger partial charge on any atom is 0.336 e. The number of carbonyl (C=O) groups excluding carboxylic acids is 2. The number of Topliss-reactive ketones (excluding diaryl/α,β-unsaturated/α-hetero) is 1. The summed E-state index contributed by atoms with van der Waals surface area (Å²) in [4.78, 5) is 26.2. The van der Waals surface area contributed by atoms with Crippen LogP contribution in [0.2, 0.25) is 5.02 Å². The molecule has 0 radical (unpaired) electrons. The smallest absolute Gasteiger partial charge is 0.336 e. The maximum atomic E-state index is 13.3. The zero-order chi connectivity index (χ0) is 21.4. The van der Waals surface area contributed by atoms with Gasteiger partial charge in [-0.1, -0.05) is 17.7 Å². The van der Waals surface area contributed by atoms with E-state index < -0.39 is 17.8 Å². The monoisotopic (exact) mass is 431 g/mol. The van der Waals surface area contributed by atoms with Crippen molar-refractivity contribution < 1.29 is 24.2 Å². The molecule has 1 aliphatic heterocycles. The lowest BCUT2D eigenvalue weighted by Gasteiger charge is -2.38. The number of allylic oxidation sites excluding steroid dienone is 3. The van der Waals surface area contributed by atoms with E-state index >= 15 is 0 Å². The number of halogens is 1. The molecule has 3 aliphatic rings. The van der Waals surface area contributed by atoms with Crippen LogP contribution in [0.1, 0.15) is 56.9 Å². The summed E-state index contributed by atoms with van der Waals surface area (Å²) in [6.45, 7) is 1.83. The standard InChI is InChI=1S/C23H26ClNO5/c1-12-19(23(28)30-14-6-3-4-7-14)20(21-16(25-12)8-5-9-17(21)26)13-10-15(24)22(27)18(11-13)29-2/h8,10-11,14,20-21,25,27H,3-7,9H2,1-2H3. The van der Waals surface area contributed by atoms with Gasteiger partial charge in [-0.15, -0.1) is 0 Å². The van der Waals surface area contributed by atoms with Crippen LogP contribution in [0.25, 0.3) is 0 Å². The van der Waals surface area contributed by atoms with Gasteiger partial charge in [0, 0.05) is 23.7 Å². The molecule has 0 spiro atoms. The zero-order valence-corrected chi connectivity index (χ0v) is 17.9. The largest absolute Gasteiger partial charge is 0.503 e. The fraction of sp³-hybridized carbons (Fsp3) is 0.478. The number of hydrogen-bond acceptors (Lipinski definition) is 6. The molecule has 1 fully saturated rings. The van der Waals surface area contributed by atoms with Crippen LogP contribution in [0.5, 0.6) is 11.5 Å². The number of aromatic hydroxyl groups is 1. The van der Waals surface area contributed by atoms with Crippen LogP contribution in [-0.2, 0) is 14.3 Å². The second kappa shape index (κ2) is 8.34. The summed E-state index contributed by atoms with van der Waals surface area (Å²) in [5.41, 5.74) is 2.54. The van der Waals surface area contributed by atoms with Gasteiger partial charge in [0.2, 0.25) is 0 Å². The summed E-state index contributed by atoms with van der Waals surface area (Å²) in [7, 11) is 1.44. The summed E-state index contributed by atoms with van der Waals surface area (Å²) in [6.07, 6.45) is 6.84. The first-order chi connectivity index (χ1) is 14.4. The number of esters is 1. The Kier molecular flexibility index (Phi) is 5.78. The van der Waals surface area contributed by atoms with Crippen LogP contribution < -0.4 is 10.1 Å². The number of fused-ring (bicyclic) bond motifs is 1. The predicted octanol–water partition coefficient (Wildman–Crippen LogP) is 4.36. The maximum absolute atomic E-state index is 13.3. The Morgan fingerprint density at radius 2 is 1.97 bits per heavy atom. The Labute approximate surface area is 180 Å². The van der Waals surface area contributed by atoms with E-state index in [0.717, 1.165) is 31.4 Å². The van der Waals surface area contributed by atoms with Gasteiger partial charge in [0.1, 0.15) is 11.9 Å². The minimum absolute atomic E-state index is 0.0619. The van der Waals surface area contributed by atoms with E-state index in [4.69, 9.17) is 21.1 Å². The van der Waals surface area contributed by atoms with E-state index in [1.165, 1.54) is 7.11 Å². The van der Waals surface area contributed by atoms with Crippen LogP contribution >= 0.6 is 11.6 Å². The average Bonchev–Trinajstić information content (AvgIpc) is 3.22. The third-order valence-electron chi connectivity index (χ3n) is 6.24. The molecule has 160 valence electrons. The summed E-state index contributed by atoms with van der Waals surface area (Å²) in [6, 6.07) is 3.25. The van der Waals surface area contributed by atoms with Crippen LogP contribution in [-0.4, -0.2) is 30.1 Å². The van der Waals surface area contributed by atoms with E-state index in [1.807, 2.05) is 13.0 Å². The topological polar surface area (TPSA) is 84.9 Å². The first-order valence-corrected chi connectivity index (χ1v) is 10.8. The van der Waals surface area contributed by atoms with Crippen LogP contribution in [0.15, 0.2) is 35.2 Å². The first-order valence-electron chi connectivity index (χ1n) is 10.4. The Hall–Kier alpha value is -2.47. The van der Waals surface area contributed by atoms with Crippen molar-refractivity contribution in [3.8, 4) is 11.5 Å². The van der Waals surface area contributed by atoms with E-state index in [-0.39, 0.29) is 28.4 Å². The molecule has 0 saturated heterocycles. The van der Waals surface area contributed by atoms with Crippen molar-refractivity contribution in [2.45, 2.75) is 57.5 Å². The van der Waals surface area contributed by atoms with Crippen LogP contribution in [0.3, 0.4) is 0 Å². The van der Waals surface area contributed by atoms with Gasteiger partial charge in [0.25, 0.3) is 0 Å². The summed E-state index contributed by atoms with van der Waals surface area (Å²) in [5, 5.41) is 13.5. The molecule has 4 rings (SSSR count). The summed E-state index contributed by atoms with van der Waals surface area (Å²) >= 11 is 6.25. The molecule has 1 heterocycles. The molecule has 30 heavy (non-hydrogen) atoms. The molecule has 1 aromatic rings. The molecule has 0 amide bonds. The van der Waals surface area contributed by atoms with Gasteiger partial charge in [0.15, 0.2) is 11.5 Å². The highest BCUT2D eigenvalue weighted by Gasteiger charge is 2.44. The SMILES string of the molecule is COc1cc(C2C(C(=O)OC3CCCC3)=C(C)NC3=CCCC(=O)C32)cc(Cl)c1O. The minimum Gasteiger partial charge on any atom is -0.503 e. The highest BCUT2D eigenvalue weighted by molar-refractivity contribution is 6.32. The number of phenolic OH excluding ortho intramolecular Hbond substituents is 1. The third-order valence-corrected chi connectivity index (χ3v) is 6.53. The molecule has 2 aliphatic carbocycles. The van der Waals surface area contributed by atoms with Crippen molar-refractivity contribution in [2.75, 3.05) is 7.11 Å². The Morgan fingerprint density at radius 3 is 2.67 bits per heavy atom. The third kappa shape index (κ3) is 3.69. The quantitative estimate of drug-likeness (QED) is 0.689. The van der Waals surface area contributed by atoms with Crippen molar-refractivity contribution in [1.82, 2.24) is 5.32 Å². The number of nitrogens with one attached hydrogen (secondary N) is 1. The van der Waals surface area contributed by atoms with Crippen molar-refractivity contribution in [3.05, 3.63) is 45.8 Å². The molecule has 1 aromatic carbocycles. The molecule has 1 saturated carbocycles. The number of benzene rings is 1. The number of phenols is 1. The number of hydrogen-bond donors (Lipinski definition) is 2. The van der Waals surface area contributed by atoms with Gasteiger partial charge in [0.05, 0.1) is 23.6 Å². The fourth-order valence-electron chi connectivity index (χ4n) is 4.79. The molecule has 2 atom stereocenters. The van der Waals surface area contributed by atoms with Gasteiger partial charge in [-0.3, -0.25) is 4.79 Å². The Morgan fingerprint density at radius 1 is 1.23 bits per heavy atom. The number of ether oxygens (including phenoxy) is 2. The second-order valence-corrected chi connectivity index (χ2v) is 8.56. The lowest BCUT2D eigenvalue weighted by molar-refractivity contribution is -0.144. The highest BCUT2D eigenvalue weighted by Crippen LogP contribution is 2.47. The normalized spacial score (nSPS) is 24.2. The number of ketones is 1. The van der Waals surface area contributed by atoms with Crippen molar-refractivity contribution in [3.63, 3.8) is 0 Å². The number of rotatable bonds is 4. The van der Waals surface area contributed by atoms with Crippen LogP contribution in [0, 0.1) is 5.92 Å². The number of carbonyl (C=O) groups is 2. The van der Waals surface area contributed by atoms with Gasteiger partial charge in [-0.2, -0.15) is 0 Å². The van der Waals surface area contributed by atoms with E-state index in [1.54, 1.807) is 12.1 Å². The Bertz CT molecular complexity index is 945. The van der Waals surface area contributed by atoms with Crippen molar-refractivity contribution in [1.29, 1.82) is 0 Å². The van der Waals surface area contributed by atoms with E-state index in [0.29, 0.717) is 29.7 Å². The van der Waals surface area contributed by atoms with Gasteiger partial charge >= 0.3 is 5.97 Å². The van der Waals surface area contributed by atoms with Crippen LogP contribution in [0.4, 0.5) is 0 Å². The van der Waals surface area contributed by atoms with Gasteiger partial charge in [-0.25, -0.2) is 4.79 Å². The van der Waals surface area contributed by atoms with Gasteiger partial charge in [-0.05, 0) is 56.7 Å². The molecule has 0 bridgehead atoms. The van der Waals surface area contributed by atoms with Crippen molar-refractivity contribution >= 4 is 23.4 Å². The fourth-order valence-corrected chi connectivity index (χ4v) is 5.01. The predicted molar refractivity (Wildman–Crippen MR) is 112 cm³/mol. The molecule has 0 aromatic heterocycles. The summed E-state index contributed by atoms with van der Waals surface area (Å²) < 4.78 is 11.1. The molecule has 7 heteroatoms. The lowest BCUT2D eigenvalue weighted by Crippen LogP contribution is -2.41.